The van der Waals surface area contributed by atoms with Crippen molar-refractivity contribution in [1.29, 1.82) is 0 Å². The molecule has 0 spiro atoms. The zero-order valence-corrected chi connectivity index (χ0v) is 26.6. The molecule has 8 aromatic rings. The quantitative estimate of drug-likeness (QED) is 0.179. The highest BCUT2D eigenvalue weighted by Crippen LogP contribution is 2.46. The molecule has 0 heterocycles. The summed E-state index contributed by atoms with van der Waals surface area (Å²) >= 11 is 0. The first-order chi connectivity index (χ1) is 22.4. The zero-order chi connectivity index (χ0) is 31.3. The maximum Gasteiger partial charge on any atom is -0.00259 e. The molecule has 0 nitrogen and oxygen atoms in total. The second-order valence-corrected chi connectivity index (χ2v) is 13.4. The van der Waals surface area contributed by atoms with E-state index in [0.717, 1.165) is 0 Å². The molecule has 0 atom stereocenters. The van der Waals surface area contributed by atoms with Crippen LogP contribution in [-0.2, 0) is 5.41 Å². The van der Waals surface area contributed by atoms with E-state index in [1.165, 1.54) is 82.4 Å². The van der Waals surface area contributed by atoms with Crippen LogP contribution in [0.4, 0.5) is 0 Å². The highest BCUT2D eigenvalue weighted by molar-refractivity contribution is 6.22. The van der Waals surface area contributed by atoms with Crippen molar-refractivity contribution in [2.24, 2.45) is 0 Å². The smallest absolute Gasteiger partial charge is 0.00259 e. The van der Waals surface area contributed by atoms with Gasteiger partial charge >= 0.3 is 0 Å². The first-order valence-electron chi connectivity index (χ1n) is 16.2. The molecule has 0 amide bonds. The van der Waals surface area contributed by atoms with Crippen LogP contribution in [0.15, 0.2) is 164 Å². The lowest BCUT2D eigenvalue weighted by Crippen LogP contribution is -2.10. The van der Waals surface area contributed by atoms with Gasteiger partial charge in [0.25, 0.3) is 0 Å². The minimum absolute atomic E-state index is 0.0222. The SMILES string of the molecule is CC(C)(C)c1ccc2c(-c3cc(-c4ccccc4)cc(-c4ccccc4)c3)c3ccccc3c(-c3ccc4ccccc4c3)c2c1. The summed E-state index contributed by atoms with van der Waals surface area (Å²) in [5.74, 6) is 0. The van der Waals surface area contributed by atoms with Gasteiger partial charge in [-0.3, -0.25) is 0 Å². The predicted molar refractivity (Wildman–Crippen MR) is 199 cm³/mol. The minimum atomic E-state index is 0.0222. The first-order valence-corrected chi connectivity index (χ1v) is 16.2. The predicted octanol–water partition coefficient (Wildman–Crippen LogP) is 13.1. The van der Waals surface area contributed by atoms with E-state index in [1.807, 2.05) is 0 Å². The number of benzene rings is 8. The largest absolute Gasteiger partial charge is 0.0622 e. The molecular formula is C46H36. The molecule has 0 fully saturated rings. The molecule has 0 bridgehead atoms. The summed E-state index contributed by atoms with van der Waals surface area (Å²) in [7, 11) is 0. The Hall–Kier alpha value is -5.46. The lowest BCUT2D eigenvalue weighted by Gasteiger charge is -2.23. The van der Waals surface area contributed by atoms with E-state index in [-0.39, 0.29) is 5.41 Å². The highest BCUT2D eigenvalue weighted by atomic mass is 14.2. The molecule has 0 saturated heterocycles. The number of rotatable bonds is 4. The van der Waals surface area contributed by atoms with Crippen molar-refractivity contribution in [2.75, 3.05) is 0 Å². The van der Waals surface area contributed by atoms with E-state index in [9.17, 15) is 0 Å². The average Bonchev–Trinajstić information content (AvgIpc) is 3.10. The summed E-state index contributed by atoms with van der Waals surface area (Å²) in [5.41, 5.74) is 11.3. The van der Waals surface area contributed by atoms with Crippen LogP contribution in [-0.4, -0.2) is 0 Å². The van der Waals surface area contributed by atoms with Gasteiger partial charge in [0.2, 0.25) is 0 Å². The Bertz CT molecular complexity index is 2310. The maximum atomic E-state index is 2.45. The van der Waals surface area contributed by atoms with Crippen molar-refractivity contribution < 1.29 is 0 Å². The van der Waals surface area contributed by atoms with E-state index in [0.29, 0.717) is 0 Å². The summed E-state index contributed by atoms with van der Waals surface area (Å²) in [6, 6.07) is 60.4. The van der Waals surface area contributed by atoms with Gasteiger partial charge in [-0.05, 0) is 118 Å². The fraction of sp³-hybridized carbons (Fsp3) is 0.0870. The molecule has 8 aromatic carbocycles. The molecule has 0 aliphatic rings. The third-order valence-electron chi connectivity index (χ3n) is 9.36. The molecule has 0 saturated carbocycles. The van der Waals surface area contributed by atoms with E-state index >= 15 is 0 Å². The van der Waals surface area contributed by atoms with Gasteiger partial charge in [-0.15, -0.1) is 0 Å². The fourth-order valence-electron chi connectivity index (χ4n) is 6.98. The molecule has 220 valence electrons. The van der Waals surface area contributed by atoms with Crippen molar-refractivity contribution in [3.05, 3.63) is 169 Å². The Morgan fingerprint density at radius 3 is 1.41 bits per heavy atom. The van der Waals surface area contributed by atoms with Crippen LogP contribution in [0, 0.1) is 0 Å². The Labute approximate surface area is 271 Å². The Morgan fingerprint density at radius 2 is 0.804 bits per heavy atom. The summed E-state index contributed by atoms with van der Waals surface area (Å²) in [6.45, 7) is 6.92. The number of fused-ring (bicyclic) bond motifs is 3. The summed E-state index contributed by atoms with van der Waals surface area (Å²) in [5, 5.41) is 7.64. The lowest BCUT2D eigenvalue weighted by atomic mass is 9.80. The van der Waals surface area contributed by atoms with Crippen molar-refractivity contribution in [3.8, 4) is 44.5 Å². The monoisotopic (exact) mass is 588 g/mol. The van der Waals surface area contributed by atoms with Gasteiger partial charge in [0.15, 0.2) is 0 Å². The minimum Gasteiger partial charge on any atom is -0.0622 e. The van der Waals surface area contributed by atoms with Crippen LogP contribution in [0.5, 0.6) is 0 Å². The van der Waals surface area contributed by atoms with Gasteiger partial charge in [-0.2, -0.15) is 0 Å². The zero-order valence-electron chi connectivity index (χ0n) is 26.6. The third kappa shape index (κ3) is 4.97. The van der Waals surface area contributed by atoms with Crippen molar-refractivity contribution >= 4 is 32.3 Å². The highest BCUT2D eigenvalue weighted by Gasteiger charge is 2.21. The van der Waals surface area contributed by atoms with Crippen molar-refractivity contribution in [1.82, 2.24) is 0 Å². The molecule has 0 aliphatic heterocycles. The molecule has 0 unspecified atom stereocenters. The topological polar surface area (TPSA) is 0 Å². The van der Waals surface area contributed by atoms with Gasteiger partial charge in [0.1, 0.15) is 0 Å². The van der Waals surface area contributed by atoms with Gasteiger partial charge in [0.05, 0.1) is 0 Å². The van der Waals surface area contributed by atoms with E-state index < -0.39 is 0 Å². The van der Waals surface area contributed by atoms with Crippen LogP contribution in [0.25, 0.3) is 76.8 Å². The number of hydrogen-bond acceptors (Lipinski definition) is 0. The second kappa shape index (κ2) is 11.2. The molecule has 0 radical (unpaired) electrons. The molecule has 46 heavy (non-hydrogen) atoms. The first kappa shape index (κ1) is 28.0. The standard InChI is InChI=1S/C46H36/c1-46(2,3)39-24-25-42-43(30-39)44(35-23-22-33-18-10-11-19-34(33)26-35)40-20-12-13-21-41(40)45(42)38-28-36(31-14-6-4-7-15-31)27-37(29-38)32-16-8-5-9-17-32/h4-30H,1-3H3. The Kier molecular flexibility index (Phi) is 6.80. The molecule has 0 heteroatoms. The van der Waals surface area contributed by atoms with Crippen LogP contribution in [0.3, 0.4) is 0 Å². The molecular weight excluding hydrogens is 553 g/mol. The van der Waals surface area contributed by atoms with Gasteiger partial charge in [-0.25, -0.2) is 0 Å². The Morgan fingerprint density at radius 1 is 0.304 bits per heavy atom. The molecule has 0 N–H and O–H groups in total. The summed E-state index contributed by atoms with van der Waals surface area (Å²) in [4.78, 5) is 0. The average molecular weight is 589 g/mol. The second-order valence-electron chi connectivity index (χ2n) is 13.4. The van der Waals surface area contributed by atoms with Crippen LogP contribution >= 0.6 is 0 Å². The van der Waals surface area contributed by atoms with Gasteiger partial charge in [-0.1, -0.05) is 154 Å². The summed E-state index contributed by atoms with van der Waals surface area (Å²) in [6.07, 6.45) is 0. The summed E-state index contributed by atoms with van der Waals surface area (Å²) < 4.78 is 0. The van der Waals surface area contributed by atoms with E-state index in [2.05, 4.69) is 185 Å². The number of hydrogen-bond donors (Lipinski definition) is 0. The Balaban J connectivity index is 1.50. The van der Waals surface area contributed by atoms with Crippen LogP contribution in [0.2, 0.25) is 0 Å². The normalized spacial score (nSPS) is 11.8. The third-order valence-corrected chi connectivity index (χ3v) is 9.36. The van der Waals surface area contributed by atoms with Crippen LogP contribution in [0.1, 0.15) is 26.3 Å². The van der Waals surface area contributed by atoms with Crippen LogP contribution < -0.4 is 0 Å². The maximum absolute atomic E-state index is 2.45. The van der Waals surface area contributed by atoms with E-state index in [4.69, 9.17) is 0 Å². The van der Waals surface area contributed by atoms with E-state index in [1.54, 1.807) is 0 Å². The lowest BCUT2D eigenvalue weighted by molar-refractivity contribution is 0.591. The molecule has 0 aliphatic carbocycles. The fourth-order valence-corrected chi connectivity index (χ4v) is 6.98. The van der Waals surface area contributed by atoms with Crippen molar-refractivity contribution in [3.63, 3.8) is 0 Å². The molecule has 0 aromatic heterocycles. The van der Waals surface area contributed by atoms with Crippen molar-refractivity contribution in [2.45, 2.75) is 26.2 Å². The molecule has 8 rings (SSSR count). The van der Waals surface area contributed by atoms with Gasteiger partial charge < -0.3 is 0 Å². The van der Waals surface area contributed by atoms with Gasteiger partial charge in [0, 0.05) is 0 Å².